The fourth-order valence-electron chi connectivity index (χ4n) is 4.65. The Kier molecular flexibility index (Phi) is 9.75. The zero-order valence-corrected chi connectivity index (χ0v) is 19.9. The molecule has 0 bridgehead atoms. The number of unbranched alkanes of at least 4 members (excludes halogenated alkanes) is 8. The van der Waals surface area contributed by atoms with Crippen molar-refractivity contribution in [3.63, 3.8) is 0 Å². The standard InChI is InChI=1S/C28H42O2/c1-6-7-8-9-10-11-12-13-14-15-24(25-18-20(2)16-22(4)27(25)29)26-19-21(3)17-23(5)28(26)30/h16-19,24,29-30H,6-15H2,1-5H3. The molecular formula is C28H42O2. The molecule has 166 valence electrons. The first-order valence-electron chi connectivity index (χ1n) is 11.9. The Bertz CT molecular complexity index is 749. The van der Waals surface area contributed by atoms with E-state index >= 15 is 0 Å². The van der Waals surface area contributed by atoms with Crippen molar-refractivity contribution in [2.24, 2.45) is 0 Å². The van der Waals surface area contributed by atoms with Gasteiger partial charge < -0.3 is 10.2 Å². The molecule has 2 N–H and O–H groups in total. The summed E-state index contributed by atoms with van der Waals surface area (Å²) >= 11 is 0. The summed E-state index contributed by atoms with van der Waals surface area (Å²) in [6.07, 6.45) is 12.6. The van der Waals surface area contributed by atoms with Gasteiger partial charge >= 0.3 is 0 Å². The van der Waals surface area contributed by atoms with Crippen molar-refractivity contribution in [2.75, 3.05) is 0 Å². The van der Waals surface area contributed by atoms with Gasteiger partial charge in [0.15, 0.2) is 0 Å². The summed E-state index contributed by atoms with van der Waals surface area (Å²) in [7, 11) is 0. The van der Waals surface area contributed by atoms with Crippen molar-refractivity contribution in [2.45, 2.75) is 105 Å². The van der Waals surface area contributed by atoms with Gasteiger partial charge in [-0.15, -0.1) is 0 Å². The molecule has 0 heterocycles. The molecule has 0 unspecified atom stereocenters. The van der Waals surface area contributed by atoms with Crippen LogP contribution in [-0.4, -0.2) is 10.2 Å². The van der Waals surface area contributed by atoms with Gasteiger partial charge in [0.2, 0.25) is 0 Å². The Hall–Kier alpha value is -1.96. The quantitative estimate of drug-likeness (QED) is 0.345. The number of phenols is 2. The van der Waals surface area contributed by atoms with E-state index in [1.54, 1.807) is 0 Å². The molecule has 0 saturated heterocycles. The second-order valence-corrected chi connectivity index (χ2v) is 9.21. The number of aromatic hydroxyl groups is 2. The molecule has 0 aromatic heterocycles. The third kappa shape index (κ3) is 6.79. The molecule has 30 heavy (non-hydrogen) atoms. The van der Waals surface area contributed by atoms with Crippen LogP contribution >= 0.6 is 0 Å². The third-order valence-electron chi connectivity index (χ3n) is 6.30. The highest BCUT2D eigenvalue weighted by Crippen LogP contribution is 2.42. The lowest BCUT2D eigenvalue weighted by Gasteiger charge is -2.23. The van der Waals surface area contributed by atoms with Crippen molar-refractivity contribution < 1.29 is 10.2 Å². The number of phenolic OH excluding ortho intramolecular Hbond substituents is 2. The topological polar surface area (TPSA) is 40.5 Å². The molecule has 2 rings (SSSR count). The number of rotatable bonds is 12. The van der Waals surface area contributed by atoms with E-state index in [1.165, 1.54) is 51.4 Å². The Balaban J connectivity index is 2.13. The molecule has 0 spiro atoms. The van der Waals surface area contributed by atoms with Gasteiger partial charge in [0.05, 0.1) is 0 Å². The molecule has 0 fully saturated rings. The summed E-state index contributed by atoms with van der Waals surface area (Å²) in [5, 5.41) is 21.7. The van der Waals surface area contributed by atoms with Crippen LogP contribution in [0.25, 0.3) is 0 Å². The monoisotopic (exact) mass is 410 g/mol. The zero-order valence-electron chi connectivity index (χ0n) is 19.9. The minimum absolute atomic E-state index is 0.0201. The van der Waals surface area contributed by atoms with E-state index in [0.717, 1.165) is 46.2 Å². The maximum Gasteiger partial charge on any atom is 0.122 e. The highest BCUT2D eigenvalue weighted by molar-refractivity contribution is 5.53. The Labute approximate surface area is 184 Å². The van der Waals surface area contributed by atoms with E-state index in [2.05, 4.69) is 32.9 Å². The van der Waals surface area contributed by atoms with Crippen LogP contribution in [0.1, 0.15) is 110 Å². The highest BCUT2D eigenvalue weighted by atomic mass is 16.3. The van der Waals surface area contributed by atoms with Crippen LogP contribution in [0.2, 0.25) is 0 Å². The van der Waals surface area contributed by atoms with Crippen LogP contribution in [0.3, 0.4) is 0 Å². The lowest BCUT2D eigenvalue weighted by molar-refractivity contribution is 0.442. The van der Waals surface area contributed by atoms with Crippen LogP contribution in [0, 0.1) is 27.7 Å². The van der Waals surface area contributed by atoms with Crippen LogP contribution in [-0.2, 0) is 0 Å². The molecule has 2 aromatic rings. The highest BCUT2D eigenvalue weighted by Gasteiger charge is 2.23. The van der Waals surface area contributed by atoms with Crippen LogP contribution in [0.4, 0.5) is 0 Å². The number of hydrogen-bond donors (Lipinski definition) is 2. The van der Waals surface area contributed by atoms with E-state index in [1.807, 2.05) is 26.0 Å². The fraction of sp³-hybridized carbons (Fsp3) is 0.571. The van der Waals surface area contributed by atoms with E-state index in [0.29, 0.717) is 11.5 Å². The first-order chi connectivity index (χ1) is 14.3. The van der Waals surface area contributed by atoms with Gasteiger partial charge in [-0.1, -0.05) is 100 Å². The van der Waals surface area contributed by atoms with Gasteiger partial charge in [0.25, 0.3) is 0 Å². The Morgan fingerprint density at radius 1 is 0.600 bits per heavy atom. The molecular weight excluding hydrogens is 368 g/mol. The summed E-state index contributed by atoms with van der Waals surface area (Å²) in [5.74, 6) is 0.770. The fourth-order valence-corrected chi connectivity index (χ4v) is 4.65. The molecule has 0 amide bonds. The number of hydrogen-bond acceptors (Lipinski definition) is 2. The molecule has 2 aromatic carbocycles. The molecule has 0 aliphatic carbocycles. The molecule has 2 nitrogen and oxygen atoms in total. The second kappa shape index (κ2) is 12.0. The molecule has 2 heteroatoms. The minimum atomic E-state index is 0.0201. The van der Waals surface area contributed by atoms with Gasteiger partial charge in [-0.3, -0.25) is 0 Å². The maximum absolute atomic E-state index is 10.8. The van der Waals surface area contributed by atoms with Crippen LogP contribution in [0.15, 0.2) is 24.3 Å². The Morgan fingerprint density at radius 2 is 1.00 bits per heavy atom. The van der Waals surface area contributed by atoms with Crippen LogP contribution in [0.5, 0.6) is 11.5 Å². The second-order valence-electron chi connectivity index (χ2n) is 9.21. The van der Waals surface area contributed by atoms with Crippen molar-refractivity contribution in [3.05, 3.63) is 57.6 Å². The van der Waals surface area contributed by atoms with E-state index < -0.39 is 0 Å². The van der Waals surface area contributed by atoms with E-state index in [9.17, 15) is 10.2 Å². The average Bonchev–Trinajstić information content (AvgIpc) is 2.69. The number of aryl methyl sites for hydroxylation is 4. The largest absolute Gasteiger partial charge is 0.507 e. The lowest BCUT2D eigenvalue weighted by atomic mass is 9.83. The smallest absolute Gasteiger partial charge is 0.122 e. The van der Waals surface area contributed by atoms with E-state index in [4.69, 9.17) is 0 Å². The summed E-state index contributed by atoms with van der Waals surface area (Å²) in [4.78, 5) is 0. The predicted octanol–water partition coefficient (Wildman–Crippen LogP) is 8.38. The Morgan fingerprint density at radius 3 is 1.43 bits per heavy atom. The molecule has 0 saturated carbocycles. The maximum atomic E-state index is 10.8. The van der Waals surface area contributed by atoms with Gasteiger partial charge in [-0.2, -0.15) is 0 Å². The molecule has 0 aliphatic heterocycles. The third-order valence-corrected chi connectivity index (χ3v) is 6.30. The number of benzene rings is 2. The van der Waals surface area contributed by atoms with Crippen molar-refractivity contribution >= 4 is 0 Å². The van der Waals surface area contributed by atoms with Gasteiger partial charge in [-0.25, -0.2) is 0 Å². The molecule has 0 radical (unpaired) electrons. The van der Waals surface area contributed by atoms with Crippen LogP contribution < -0.4 is 0 Å². The summed E-state index contributed by atoms with van der Waals surface area (Å²) in [6, 6.07) is 8.24. The van der Waals surface area contributed by atoms with Gasteiger partial charge in [-0.05, 0) is 45.2 Å². The average molecular weight is 411 g/mol. The zero-order chi connectivity index (χ0) is 22.1. The van der Waals surface area contributed by atoms with E-state index in [-0.39, 0.29) is 5.92 Å². The normalized spacial score (nSPS) is 11.4. The minimum Gasteiger partial charge on any atom is -0.507 e. The first kappa shape index (κ1) is 24.3. The van der Waals surface area contributed by atoms with Crippen molar-refractivity contribution in [1.29, 1.82) is 0 Å². The molecule has 0 aliphatic rings. The summed E-state index contributed by atoms with van der Waals surface area (Å²) in [6.45, 7) is 10.3. The summed E-state index contributed by atoms with van der Waals surface area (Å²) < 4.78 is 0. The van der Waals surface area contributed by atoms with Crippen molar-refractivity contribution in [1.82, 2.24) is 0 Å². The van der Waals surface area contributed by atoms with Gasteiger partial charge in [0.1, 0.15) is 11.5 Å². The SMILES string of the molecule is CCCCCCCCCCCC(c1cc(C)cc(C)c1O)c1cc(C)cc(C)c1O. The predicted molar refractivity (Wildman–Crippen MR) is 129 cm³/mol. The molecule has 0 atom stereocenters. The lowest BCUT2D eigenvalue weighted by Crippen LogP contribution is -2.05. The summed E-state index contributed by atoms with van der Waals surface area (Å²) in [5.41, 5.74) is 6.03. The van der Waals surface area contributed by atoms with Crippen molar-refractivity contribution in [3.8, 4) is 11.5 Å². The first-order valence-corrected chi connectivity index (χ1v) is 11.9. The van der Waals surface area contributed by atoms with Gasteiger partial charge in [0, 0.05) is 17.0 Å².